The Morgan fingerprint density at radius 2 is 2.14 bits per heavy atom. The van der Waals surface area contributed by atoms with Gasteiger partial charge in [0, 0.05) is 18.4 Å². The van der Waals surface area contributed by atoms with E-state index in [4.69, 9.17) is 0 Å². The minimum atomic E-state index is -0.209. The zero-order valence-corrected chi connectivity index (χ0v) is 12.4. The van der Waals surface area contributed by atoms with Crippen LogP contribution in [0.2, 0.25) is 0 Å². The molecule has 0 unspecified atom stereocenters. The van der Waals surface area contributed by atoms with Crippen LogP contribution in [0.15, 0.2) is 42.7 Å². The van der Waals surface area contributed by atoms with E-state index in [1.807, 2.05) is 12.1 Å². The molecule has 1 N–H and O–H groups in total. The van der Waals surface area contributed by atoms with E-state index in [0.717, 1.165) is 31.2 Å². The van der Waals surface area contributed by atoms with Crippen molar-refractivity contribution < 1.29 is 9.18 Å². The number of carbonyl (C=O) groups is 1. The Bertz CT molecular complexity index is 609. The van der Waals surface area contributed by atoms with E-state index in [1.165, 1.54) is 12.1 Å². The molecule has 3 rings (SSSR count). The maximum absolute atomic E-state index is 13.0. The third-order valence-electron chi connectivity index (χ3n) is 4.28. The van der Waals surface area contributed by atoms with Gasteiger partial charge in [-0.3, -0.25) is 9.48 Å². The number of hydrogen-bond acceptors (Lipinski definition) is 2. The van der Waals surface area contributed by atoms with Gasteiger partial charge in [0.25, 0.3) is 0 Å². The van der Waals surface area contributed by atoms with Gasteiger partial charge in [0.1, 0.15) is 12.4 Å². The standard InChI is InChI=1S/C17H20FN3O/c18-15-7-5-13(6-8-15)11-14-3-1-4-16(14)20-17(22)12-21-10-2-9-19-21/h2,5-10,14,16H,1,3-4,11-12H2,(H,20,22)/t14-,16-/m0/s1. The first-order valence-corrected chi connectivity index (χ1v) is 7.72. The molecule has 116 valence electrons. The molecule has 0 bridgehead atoms. The van der Waals surface area contributed by atoms with Gasteiger partial charge in [0.05, 0.1) is 0 Å². The molecular weight excluding hydrogens is 281 g/mol. The number of amides is 1. The summed E-state index contributed by atoms with van der Waals surface area (Å²) in [6.07, 6.45) is 7.57. The van der Waals surface area contributed by atoms with E-state index in [-0.39, 0.29) is 24.3 Å². The van der Waals surface area contributed by atoms with Gasteiger partial charge in [0.2, 0.25) is 5.91 Å². The van der Waals surface area contributed by atoms with E-state index in [2.05, 4.69) is 10.4 Å². The number of nitrogens with one attached hydrogen (secondary N) is 1. The number of carbonyl (C=O) groups excluding carboxylic acids is 1. The van der Waals surface area contributed by atoms with Crippen LogP contribution in [-0.4, -0.2) is 21.7 Å². The molecule has 0 radical (unpaired) electrons. The van der Waals surface area contributed by atoms with Gasteiger partial charge in [0.15, 0.2) is 0 Å². The van der Waals surface area contributed by atoms with Crippen LogP contribution in [0.1, 0.15) is 24.8 Å². The lowest BCUT2D eigenvalue weighted by Crippen LogP contribution is -2.39. The van der Waals surface area contributed by atoms with Crippen molar-refractivity contribution in [2.45, 2.75) is 38.3 Å². The number of aromatic nitrogens is 2. The molecule has 1 aromatic heterocycles. The van der Waals surface area contributed by atoms with E-state index >= 15 is 0 Å². The highest BCUT2D eigenvalue weighted by atomic mass is 19.1. The second kappa shape index (κ2) is 6.73. The Morgan fingerprint density at radius 3 is 2.86 bits per heavy atom. The van der Waals surface area contributed by atoms with E-state index in [1.54, 1.807) is 23.1 Å². The minimum absolute atomic E-state index is 0.000272. The van der Waals surface area contributed by atoms with E-state index < -0.39 is 0 Å². The molecule has 0 saturated heterocycles. The first-order chi connectivity index (χ1) is 10.7. The summed E-state index contributed by atoms with van der Waals surface area (Å²) < 4.78 is 14.6. The second-order valence-corrected chi connectivity index (χ2v) is 5.90. The second-order valence-electron chi connectivity index (χ2n) is 5.90. The van der Waals surface area contributed by atoms with Gasteiger partial charge in [-0.25, -0.2) is 4.39 Å². The highest BCUT2D eigenvalue weighted by Gasteiger charge is 2.28. The fraction of sp³-hybridized carbons (Fsp3) is 0.412. The minimum Gasteiger partial charge on any atom is -0.351 e. The maximum Gasteiger partial charge on any atom is 0.241 e. The lowest BCUT2D eigenvalue weighted by molar-refractivity contribution is -0.122. The van der Waals surface area contributed by atoms with Crippen molar-refractivity contribution in [1.82, 2.24) is 15.1 Å². The fourth-order valence-corrected chi connectivity index (χ4v) is 3.19. The Hall–Kier alpha value is -2.17. The topological polar surface area (TPSA) is 46.9 Å². The van der Waals surface area contributed by atoms with E-state index in [9.17, 15) is 9.18 Å². The summed E-state index contributed by atoms with van der Waals surface area (Å²) in [6, 6.07) is 8.66. The van der Waals surface area contributed by atoms with E-state index in [0.29, 0.717) is 5.92 Å². The summed E-state index contributed by atoms with van der Waals surface area (Å²) >= 11 is 0. The zero-order valence-electron chi connectivity index (χ0n) is 12.4. The van der Waals surface area contributed by atoms with Crippen LogP contribution in [-0.2, 0) is 17.8 Å². The third-order valence-corrected chi connectivity index (χ3v) is 4.28. The summed E-state index contributed by atoms with van der Waals surface area (Å²) in [4.78, 5) is 12.1. The summed E-state index contributed by atoms with van der Waals surface area (Å²) in [6.45, 7) is 0.257. The number of halogens is 1. The predicted molar refractivity (Wildman–Crippen MR) is 81.6 cm³/mol. The number of benzene rings is 1. The normalized spacial score (nSPS) is 21.0. The molecule has 1 amide bonds. The molecule has 5 heteroatoms. The monoisotopic (exact) mass is 301 g/mol. The summed E-state index contributed by atoms with van der Waals surface area (Å²) in [5.74, 6) is 0.214. The largest absolute Gasteiger partial charge is 0.351 e. The molecule has 2 aromatic rings. The average molecular weight is 301 g/mol. The number of rotatable bonds is 5. The Kier molecular flexibility index (Phi) is 4.51. The molecule has 1 saturated carbocycles. The highest BCUT2D eigenvalue weighted by Crippen LogP contribution is 2.29. The maximum atomic E-state index is 13.0. The molecule has 22 heavy (non-hydrogen) atoms. The van der Waals surface area contributed by atoms with Gasteiger partial charge >= 0.3 is 0 Å². The van der Waals surface area contributed by atoms with Crippen molar-refractivity contribution >= 4 is 5.91 Å². The van der Waals surface area contributed by atoms with Crippen LogP contribution < -0.4 is 5.32 Å². The molecule has 1 fully saturated rings. The first-order valence-electron chi connectivity index (χ1n) is 7.72. The molecule has 0 aliphatic heterocycles. The SMILES string of the molecule is O=C(Cn1cccn1)N[C@H]1CCC[C@H]1Cc1ccc(F)cc1. The van der Waals surface area contributed by atoms with Crippen LogP contribution in [0.4, 0.5) is 4.39 Å². The van der Waals surface area contributed by atoms with Crippen molar-refractivity contribution in [2.24, 2.45) is 5.92 Å². The van der Waals surface area contributed by atoms with Gasteiger partial charge in [-0.2, -0.15) is 5.10 Å². The lowest BCUT2D eigenvalue weighted by atomic mass is 9.94. The quantitative estimate of drug-likeness (QED) is 0.922. The van der Waals surface area contributed by atoms with Crippen LogP contribution in [0.25, 0.3) is 0 Å². The van der Waals surface area contributed by atoms with Crippen molar-refractivity contribution in [3.8, 4) is 0 Å². The lowest BCUT2D eigenvalue weighted by Gasteiger charge is -2.21. The van der Waals surface area contributed by atoms with Gasteiger partial charge < -0.3 is 5.32 Å². The highest BCUT2D eigenvalue weighted by molar-refractivity contribution is 5.76. The fourth-order valence-electron chi connectivity index (χ4n) is 3.19. The number of hydrogen-bond donors (Lipinski definition) is 1. The molecule has 0 spiro atoms. The molecule has 2 atom stereocenters. The Labute approximate surface area is 129 Å². The van der Waals surface area contributed by atoms with Gasteiger partial charge in [-0.1, -0.05) is 18.6 Å². The summed E-state index contributed by atoms with van der Waals surface area (Å²) in [5, 5.41) is 7.17. The third kappa shape index (κ3) is 3.72. The van der Waals surface area contributed by atoms with Crippen molar-refractivity contribution in [2.75, 3.05) is 0 Å². The molecule has 1 heterocycles. The summed E-state index contributed by atoms with van der Waals surface area (Å²) in [7, 11) is 0. The van der Waals surface area contributed by atoms with Crippen molar-refractivity contribution in [1.29, 1.82) is 0 Å². The molecule has 1 aromatic carbocycles. The van der Waals surface area contributed by atoms with Crippen LogP contribution >= 0.6 is 0 Å². The van der Waals surface area contributed by atoms with Gasteiger partial charge in [-0.15, -0.1) is 0 Å². The van der Waals surface area contributed by atoms with Crippen LogP contribution in [0.3, 0.4) is 0 Å². The van der Waals surface area contributed by atoms with Crippen molar-refractivity contribution in [3.63, 3.8) is 0 Å². The predicted octanol–water partition coefficient (Wildman–Crippen LogP) is 2.55. The molecule has 1 aliphatic carbocycles. The smallest absolute Gasteiger partial charge is 0.241 e. The Morgan fingerprint density at radius 1 is 1.32 bits per heavy atom. The van der Waals surface area contributed by atoms with Crippen LogP contribution in [0.5, 0.6) is 0 Å². The average Bonchev–Trinajstić information content (AvgIpc) is 3.14. The van der Waals surface area contributed by atoms with Crippen LogP contribution in [0, 0.1) is 11.7 Å². The Balaban J connectivity index is 1.56. The zero-order chi connectivity index (χ0) is 15.4. The van der Waals surface area contributed by atoms with Crippen molar-refractivity contribution in [3.05, 3.63) is 54.1 Å². The molecule has 4 nitrogen and oxygen atoms in total. The summed E-state index contributed by atoms with van der Waals surface area (Å²) in [5.41, 5.74) is 1.12. The molecular formula is C17H20FN3O. The van der Waals surface area contributed by atoms with Gasteiger partial charge in [-0.05, 0) is 48.9 Å². The molecule has 1 aliphatic rings. The first kappa shape index (κ1) is 14.8. The number of nitrogens with zero attached hydrogens (tertiary/aromatic N) is 2.